The van der Waals surface area contributed by atoms with E-state index in [1.165, 1.54) is 12.3 Å². The fourth-order valence-electron chi connectivity index (χ4n) is 1.14. The first-order valence-electron chi connectivity index (χ1n) is 4.02. The Balaban J connectivity index is 2.52. The molecule has 0 aliphatic heterocycles. The minimum Gasteiger partial charge on any atom is -0.464 e. The van der Waals surface area contributed by atoms with Crippen LogP contribution in [0, 0.1) is 13.8 Å². The van der Waals surface area contributed by atoms with Crippen LogP contribution in [0.4, 0.5) is 5.69 Å². The van der Waals surface area contributed by atoms with Crippen LogP contribution >= 0.6 is 22.6 Å². The lowest BCUT2D eigenvalue weighted by atomic mass is 10.2. The van der Waals surface area contributed by atoms with Gasteiger partial charge in [-0.2, -0.15) is 0 Å². The van der Waals surface area contributed by atoms with E-state index in [1.54, 1.807) is 18.3 Å². The Hall–Kier alpha value is -1.44. The van der Waals surface area contributed by atoms with Gasteiger partial charge < -0.3 is 4.42 Å². The van der Waals surface area contributed by atoms with Gasteiger partial charge in [0.25, 0.3) is 0 Å². The summed E-state index contributed by atoms with van der Waals surface area (Å²) in [6.07, 6.45) is 3.06. The van der Waals surface area contributed by atoms with E-state index < -0.39 is 4.92 Å². The van der Waals surface area contributed by atoms with Gasteiger partial charge in [0.2, 0.25) is 0 Å². The molecule has 0 atom stereocenters. The van der Waals surface area contributed by atoms with Gasteiger partial charge in [-0.1, -0.05) is 0 Å². The van der Waals surface area contributed by atoms with Crippen LogP contribution in [0.2, 0.25) is 0 Å². The number of pyridine rings is 1. The van der Waals surface area contributed by atoms with E-state index in [4.69, 9.17) is 4.42 Å². The molecule has 0 saturated carbocycles. The average molecular weight is 316 g/mol. The average Bonchev–Trinajstić information content (AvgIpc) is 2.71. The first-order chi connectivity index (χ1) is 7.18. The predicted molar refractivity (Wildman–Crippen MR) is 61.3 cm³/mol. The molecule has 0 spiro atoms. The van der Waals surface area contributed by atoms with Crippen molar-refractivity contribution >= 4 is 28.3 Å². The molecule has 0 aliphatic rings. The number of rotatable bonds is 2. The van der Waals surface area contributed by atoms with Crippen molar-refractivity contribution in [2.24, 2.45) is 0 Å². The monoisotopic (exact) mass is 316 g/mol. The lowest BCUT2D eigenvalue weighted by Crippen LogP contribution is -1.94. The van der Waals surface area contributed by atoms with Crippen molar-refractivity contribution in [3.8, 4) is 11.3 Å². The Labute approximate surface area is 98.4 Å². The van der Waals surface area contributed by atoms with E-state index >= 15 is 0 Å². The maximum Gasteiger partial charge on any atom is 0.301 e. The zero-order chi connectivity index (χ0) is 10.8. The summed E-state index contributed by atoms with van der Waals surface area (Å²) in [6.45, 7) is 0. The van der Waals surface area contributed by atoms with Gasteiger partial charge in [-0.3, -0.25) is 10.1 Å². The van der Waals surface area contributed by atoms with Crippen molar-refractivity contribution in [1.29, 1.82) is 0 Å². The van der Waals surface area contributed by atoms with Crippen LogP contribution in [0.15, 0.2) is 35.1 Å². The smallest absolute Gasteiger partial charge is 0.301 e. The summed E-state index contributed by atoms with van der Waals surface area (Å²) in [5, 5.41) is 10.7. The summed E-state index contributed by atoms with van der Waals surface area (Å²) >= 11 is 1.83. The van der Waals surface area contributed by atoms with Crippen molar-refractivity contribution in [2.75, 3.05) is 0 Å². The summed E-state index contributed by atoms with van der Waals surface area (Å²) in [7, 11) is 0. The van der Waals surface area contributed by atoms with E-state index in [2.05, 4.69) is 4.98 Å². The summed E-state index contributed by atoms with van der Waals surface area (Å²) < 4.78 is 5.50. The highest BCUT2D eigenvalue weighted by atomic mass is 127. The molecule has 2 heterocycles. The topological polar surface area (TPSA) is 69.2 Å². The van der Waals surface area contributed by atoms with Crippen LogP contribution in [0.25, 0.3) is 11.3 Å². The van der Waals surface area contributed by atoms with Gasteiger partial charge in [0, 0.05) is 17.8 Å². The Kier molecular flexibility index (Phi) is 2.67. The largest absolute Gasteiger partial charge is 0.464 e. The van der Waals surface area contributed by atoms with Gasteiger partial charge in [-0.05, 0) is 34.7 Å². The Bertz CT molecular complexity index is 496. The van der Waals surface area contributed by atoms with Crippen molar-refractivity contribution in [3.05, 3.63) is 44.5 Å². The molecule has 2 aromatic heterocycles. The fraction of sp³-hybridized carbons (Fsp3) is 0. The molecule has 0 bridgehead atoms. The second-order valence-electron chi connectivity index (χ2n) is 2.77. The number of nitrogens with zero attached hydrogens (tertiary/aromatic N) is 2. The van der Waals surface area contributed by atoms with Crippen molar-refractivity contribution < 1.29 is 9.34 Å². The molecule has 0 N–H and O–H groups in total. The molecule has 0 aliphatic carbocycles. The second kappa shape index (κ2) is 3.97. The van der Waals surface area contributed by atoms with Gasteiger partial charge in [0.15, 0.2) is 3.70 Å². The Morgan fingerprint density at radius 1 is 1.53 bits per heavy atom. The highest BCUT2D eigenvalue weighted by Gasteiger charge is 2.15. The van der Waals surface area contributed by atoms with Crippen LogP contribution in [0.1, 0.15) is 0 Å². The highest BCUT2D eigenvalue weighted by molar-refractivity contribution is 14.1. The van der Waals surface area contributed by atoms with Crippen LogP contribution < -0.4 is 0 Å². The van der Waals surface area contributed by atoms with Crippen molar-refractivity contribution in [1.82, 2.24) is 4.98 Å². The Morgan fingerprint density at radius 3 is 2.93 bits per heavy atom. The molecule has 6 heteroatoms. The Morgan fingerprint density at radius 2 is 2.33 bits per heavy atom. The lowest BCUT2D eigenvalue weighted by Gasteiger charge is -1.98. The van der Waals surface area contributed by atoms with Crippen molar-refractivity contribution in [2.45, 2.75) is 0 Å². The number of furan rings is 1. The number of aromatic nitrogens is 1. The van der Waals surface area contributed by atoms with E-state index in [-0.39, 0.29) is 5.69 Å². The van der Waals surface area contributed by atoms with Gasteiger partial charge in [-0.25, -0.2) is 4.98 Å². The van der Waals surface area contributed by atoms with Crippen LogP contribution in [0.3, 0.4) is 0 Å². The molecule has 0 aromatic carbocycles. The highest BCUT2D eigenvalue weighted by Crippen LogP contribution is 2.26. The summed E-state index contributed by atoms with van der Waals surface area (Å²) in [6, 6.07) is 4.90. The summed E-state index contributed by atoms with van der Waals surface area (Å²) in [4.78, 5) is 14.2. The number of hydrogen-bond acceptors (Lipinski definition) is 4. The zero-order valence-corrected chi connectivity index (χ0v) is 9.54. The van der Waals surface area contributed by atoms with E-state index in [9.17, 15) is 10.1 Å². The molecule has 2 rings (SSSR count). The molecular weight excluding hydrogens is 311 g/mol. The molecule has 76 valence electrons. The van der Waals surface area contributed by atoms with Crippen LogP contribution in [-0.4, -0.2) is 9.91 Å². The SMILES string of the molecule is O=[N+]([O-])c1cc(-c2ccco2)cnc1I. The van der Waals surface area contributed by atoms with Gasteiger partial charge in [0.05, 0.1) is 11.2 Å². The number of nitro groups is 1. The molecule has 0 unspecified atom stereocenters. The lowest BCUT2D eigenvalue weighted by molar-refractivity contribution is -0.386. The molecule has 0 radical (unpaired) electrons. The van der Waals surface area contributed by atoms with Crippen molar-refractivity contribution in [3.63, 3.8) is 0 Å². The predicted octanol–water partition coefficient (Wildman–Crippen LogP) is 2.85. The molecule has 5 nitrogen and oxygen atoms in total. The third kappa shape index (κ3) is 1.99. The molecule has 0 saturated heterocycles. The van der Waals surface area contributed by atoms with Gasteiger partial charge in [-0.15, -0.1) is 0 Å². The van der Waals surface area contributed by atoms with E-state index in [1.807, 2.05) is 22.6 Å². The number of halogens is 1. The quantitative estimate of drug-likeness (QED) is 0.370. The molecule has 0 fully saturated rings. The third-order valence-corrected chi connectivity index (χ3v) is 2.65. The standard InChI is InChI=1S/C9H5IN2O3/c10-9-7(12(13)14)4-6(5-11-9)8-2-1-3-15-8/h1-5H. The first-order valence-corrected chi connectivity index (χ1v) is 5.10. The maximum absolute atomic E-state index is 10.7. The maximum atomic E-state index is 10.7. The van der Waals surface area contributed by atoms with E-state index in [0.29, 0.717) is 15.0 Å². The molecule has 2 aromatic rings. The van der Waals surface area contributed by atoms with Gasteiger partial charge >= 0.3 is 5.69 Å². The second-order valence-corrected chi connectivity index (χ2v) is 3.79. The summed E-state index contributed by atoms with van der Waals surface area (Å²) in [5.74, 6) is 0.571. The normalized spacial score (nSPS) is 10.2. The molecular formula is C9H5IN2O3. The first kappa shape index (κ1) is 10.1. The van der Waals surface area contributed by atoms with Crippen LogP contribution in [-0.2, 0) is 0 Å². The van der Waals surface area contributed by atoms with Crippen LogP contribution in [0.5, 0.6) is 0 Å². The van der Waals surface area contributed by atoms with Gasteiger partial charge in [0.1, 0.15) is 5.76 Å². The fourth-order valence-corrected chi connectivity index (χ4v) is 1.63. The summed E-state index contributed by atoms with van der Waals surface area (Å²) in [5.41, 5.74) is 0.594. The molecule has 15 heavy (non-hydrogen) atoms. The number of hydrogen-bond donors (Lipinski definition) is 0. The van der Waals surface area contributed by atoms with E-state index in [0.717, 1.165) is 0 Å². The zero-order valence-electron chi connectivity index (χ0n) is 7.38. The molecule has 0 amide bonds. The minimum absolute atomic E-state index is 0.00972. The third-order valence-electron chi connectivity index (χ3n) is 1.82. The minimum atomic E-state index is -0.457.